The summed E-state index contributed by atoms with van der Waals surface area (Å²) in [5, 5.41) is 2.82. The molecule has 2 heterocycles. The summed E-state index contributed by atoms with van der Waals surface area (Å²) in [6.45, 7) is 6.63. The van der Waals surface area contributed by atoms with Gasteiger partial charge in [0.15, 0.2) is 0 Å². The van der Waals surface area contributed by atoms with E-state index in [1.165, 1.54) is 29.9 Å². The minimum atomic E-state index is -0.198. The molecular weight excluding hydrogens is 434 g/mol. The first kappa shape index (κ1) is 21.5. The van der Waals surface area contributed by atoms with Crippen LogP contribution in [0.3, 0.4) is 0 Å². The molecule has 1 saturated heterocycles. The van der Waals surface area contributed by atoms with Crippen molar-refractivity contribution in [2.75, 3.05) is 24.6 Å². The summed E-state index contributed by atoms with van der Waals surface area (Å²) in [7, 11) is 0. The Labute approximate surface area is 197 Å². The number of rotatable bonds is 9. The summed E-state index contributed by atoms with van der Waals surface area (Å²) in [5.41, 5.74) is 4.23. The zero-order valence-corrected chi connectivity index (χ0v) is 19.2. The molecule has 33 heavy (non-hydrogen) atoms. The van der Waals surface area contributed by atoms with Gasteiger partial charge in [0.2, 0.25) is 0 Å². The molecule has 6 nitrogen and oxygen atoms in total. The van der Waals surface area contributed by atoms with Crippen LogP contribution >= 0.6 is 11.3 Å². The number of hydrogen-bond donors (Lipinski definition) is 1. The molecule has 1 amide bonds. The predicted octanol–water partition coefficient (Wildman–Crippen LogP) is 4.99. The van der Waals surface area contributed by atoms with Crippen LogP contribution in [0.25, 0.3) is 5.70 Å². The van der Waals surface area contributed by atoms with Gasteiger partial charge in [-0.3, -0.25) is 9.78 Å². The second-order valence-corrected chi connectivity index (χ2v) is 9.43. The largest absolute Gasteiger partial charge is 0.493 e. The molecule has 2 aromatic carbocycles. The number of hydrogen-bond acceptors (Lipinski definition) is 6. The molecule has 0 bridgehead atoms. The summed E-state index contributed by atoms with van der Waals surface area (Å²) < 4.78 is 12.0. The first-order chi connectivity index (χ1) is 16.1. The van der Waals surface area contributed by atoms with E-state index in [9.17, 15) is 4.79 Å². The average molecular weight is 462 g/mol. The average Bonchev–Trinajstić information content (AvgIpc) is 3.29. The number of carbonyl (C=O) groups excluding carboxylic acids is 1. The Kier molecular flexibility index (Phi) is 6.30. The van der Waals surface area contributed by atoms with Gasteiger partial charge in [-0.05, 0) is 72.9 Å². The van der Waals surface area contributed by atoms with E-state index in [0.717, 1.165) is 49.1 Å². The van der Waals surface area contributed by atoms with Gasteiger partial charge in [0.05, 0.1) is 24.9 Å². The Morgan fingerprint density at radius 3 is 2.55 bits per heavy atom. The number of thiazole rings is 1. The Hall–Kier alpha value is -3.32. The zero-order chi connectivity index (χ0) is 22.6. The molecule has 5 rings (SSSR count). The van der Waals surface area contributed by atoms with Crippen molar-refractivity contribution in [2.24, 2.45) is 5.92 Å². The monoisotopic (exact) mass is 461 g/mol. The number of anilines is 1. The van der Waals surface area contributed by atoms with Crippen molar-refractivity contribution < 1.29 is 14.3 Å². The number of aromatic nitrogens is 1. The summed E-state index contributed by atoms with van der Waals surface area (Å²) in [5.74, 6) is 2.32. The van der Waals surface area contributed by atoms with Gasteiger partial charge in [-0.1, -0.05) is 6.58 Å². The van der Waals surface area contributed by atoms with Crippen LogP contribution in [0.4, 0.5) is 5.69 Å². The summed E-state index contributed by atoms with van der Waals surface area (Å²) in [6.07, 6.45) is 5.26. The highest BCUT2D eigenvalue weighted by molar-refractivity contribution is 7.11. The molecule has 0 radical (unpaired) electrons. The van der Waals surface area contributed by atoms with Crippen LogP contribution in [0.2, 0.25) is 0 Å². The Bertz CT molecular complexity index is 1090. The highest BCUT2D eigenvalue weighted by atomic mass is 32.1. The second-order valence-electron chi connectivity index (χ2n) is 8.55. The number of carbonyl (C=O) groups is 1. The number of amides is 1. The first-order valence-corrected chi connectivity index (χ1v) is 12.2. The van der Waals surface area contributed by atoms with Crippen LogP contribution < -0.4 is 19.7 Å². The van der Waals surface area contributed by atoms with Crippen LogP contribution in [-0.4, -0.2) is 36.7 Å². The number of benzene rings is 2. The van der Waals surface area contributed by atoms with Gasteiger partial charge in [-0.2, -0.15) is 0 Å². The summed E-state index contributed by atoms with van der Waals surface area (Å²) >= 11 is 1.30. The van der Waals surface area contributed by atoms with Crippen molar-refractivity contribution in [3.05, 3.63) is 77.3 Å². The molecule has 170 valence electrons. The third-order valence-corrected chi connectivity index (χ3v) is 6.73. The molecule has 3 aromatic rings. The summed E-state index contributed by atoms with van der Waals surface area (Å²) in [6, 6.07) is 16.1. The standard InChI is InChI=1S/C26H27N3O3S/c1-18(28-26(30)25-14-27-17-33-25)20-4-8-23(9-5-20)32-24-12-13-29(15-24)21-6-10-22(11-7-21)31-16-19-2-3-19/h4-11,14,17,19,24H,1-3,12-13,15-16H2,(H,28,30)/t24-/m1/s1. The van der Waals surface area contributed by atoms with E-state index >= 15 is 0 Å². The Morgan fingerprint density at radius 2 is 1.85 bits per heavy atom. The molecule has 2 fully saturated rings. The van der Waals surface area contributed by atoms with Gasteiger partial charge in [-0.25, -0.2) is 0 Å². The topological polar surface area (TPSA) is 63.7 Å². The molecular formula is C26H27N3O3S. The fourth-order valence-corrected chi connectivity index (χ4v) is 4.35. The highest BCUT2D eigenvalue weighted by Gasteiger charge is 2.25. The van der Waals surface area contributed by atoms with E-state index < -0.39 is 0 Å². The third kappa shape index (κ3) is 5.54. The smallest absolute Gasteiger partial charge is 0.267 e. The molecule has 7 heteroatoms. The lowest BCUT2D eigenvalue weighted by Crippen LogP contribution is -2.24. The lowest BCUT2D eigenvalue weighted by atomic mass is 10.1. The van der Waals surface area contributed by atoms with E-state index in [1.807, 2.05) is 24.3 Å². The fraction of sp³-hybridized carbons (Fsp3) is 0.308. The van der Waals surface area contributed by atoms with Crippen LogP contribution in [0, 0.1) is 5.92 Å². The fourth-order valence-electron chi connectivity index (χ4n) is 3.84. The van der Waals surface area contributed by atoms with Gasteiger partial charge < -0.3 is 19.7 Å². The molecule has 1 saturated carbocycles. The van der Waals surface area contributed by atoms with Crippen molar-refractivity contribution >= 4 is 28.6 Å². The normalized spacial score (nSPS) is 17.6. The molecule has 0 spiro atoms. The Morgan fingerprint density at radius 1 is 1.09 bits per heavy atom. The molecule has 1 atom stereocenters. The molecule has 0 unspecified atom stereocenters. The maximum atomic E-state index is 12.2. The highest BCUT2D eigenvalue weighted by Crippen LogP contribution is 2.30. The van der Waals surface area contributed by atoms with Crippen LogP contribution in [-0.2, 0) is 0 Å². The molecule has 1 aliphatic carbocycles. The quantitative estimate of drug-likeness (QED) is 0.486. The number of nitrogens with zero attached hydrogens (tertiary/aromatic N) is 2. The Balaban J connectivity index is 1.11. The van der Waals surface area contributed by atoms with Gasteiger partial charge in [0.25, 0.3) is 5.91 Å². The lowest BCUT2D eigenvalue weighted by Gasteiger charge is -2.19. The maximum Gasteiger partial charge on any atom is 0.267 e. The van der Waals surface area contributed by atoms with Gasteiger partial charge in [0, 0.05) is 24.4 Å². The minimum Gasteiger partial charge on any atom is -0.493 e. The zero-order valence-electron chi connectivity index (χ0n) is 18.4. The van der Waals surface area contributed by atoms with Crippen molar-refractivity contribution in [3.8, 4) is 11.5 Å². The van der Waals surface area contributed by atoms with Crippen LogP contribution in [0.1, 0.15) is 34.5 Å². The minimum absolute atomic E-state index is 0.135. The van der Waals surface area contributed by atoms with Crippen LogP contribution in [0.5, 0.6) is 11.5 Å². The van der Waals surface area contributed by atoms with Crippen molar-refractivity contribution in [2.45, 2.75) is 25.4 Å². The third-order valence-electron chi connectivity index (χ3n) is 5.96. The lowest BCUT2D eigenvalue weighted by molar-refractivity contribution is 0.0977. The van der Waals surface area contributed by atoms with E-state index in [0.29, 0.717) is 10.6 Å². The second kappa shape index (κ2) is 9.67. The molecule has 2 aliphatic rings. The van der Waals surface area contributed by atoms with E-state index in [2.05, 4.69) is 46.0 Å². The predicted molar refractivity (Wildman–Crippen MR) is 131 cm³/mol. The van der Waals surface area contributed by atoms with Gasteiger partial charge >= 0.3 is 0 Å². The van der Waals surface area contributed by atoms with Gasteiger partial charge in [0.1, 0.15) is 22.5 Å². The van der Waals surface area contributed by atoms with Crippen molar-refractivity contribution in [1.29, 1.82) is 0 Å². The SMILES string of the molecule is C=C(NC(=O)c1cncs1)c1ccc(O[C@@H]2CCN(c3ccc(OCC4CC4)cc3)C2)cc1. The molecule has 1 aliphatic heterocycles. The van der Waals surface area contributed by atoms with Crippen LogP contribution in [0.15, 0.2) is 66.8 Å². The molecule has 1 aromatic heterocycles. The van der Waals surface area contributed by atoms with Gasteiger partial charge in [-0.15, -0.1) is 11.3 Å². The van der Waals surface area contributed by atoms with Crippen molar-refractivity contribution in [3.63, 3.8) is 0 Å². The number of ether oxygens (including phenoxy) is 2. The van der Waals surface area contributed by atoms with E-state index in [4.69, 9.17) is 9.47 Å². The molecule has 1 N–H and O–H groups in total. The van der Waals surface area contributed by atoms with E-state index in [1.54, 1.807) is 11.7 Å². The first-order valence-electron chi connectivity index (χ1n) is 11.3. The van der Waals surface area contributed by atoms with Crippen molar-refractivity contribution in [1.82, 2.24) is 10.3 Å². The summed E-state index contributed by atoms with van der Waals surface area (Å²) in [4.78, 5) is 19.0. The number of nitrogens with one attached hydrogen (secondary N) is 1. The maximum absolute atomic E-state index is 12.2. The van der Waals surface area contributed by atoms with E-state index in [-0.39, 0.29) is 12.0 Å².